The molecule has 0 saturated heterocycles. The number of para-hydroxylation sites is 1. The molecule has 17 heavy (non-hydrogen) atoms. The minimum Gasteiger partial charge on any atom is -0.382 e. The summed E-state index contributed by atoms with van der Waals surface area (Å²) in [6.45, 7) is 1.00. The van der Waals surface area contributed by atoms with E-state index >= 15 is 0 Å². The second-order valence-electron chi connectivity index (χ2n) is 3.18. The zero-order valence-corrected chi connectivity index (χ0v) is 10.2. The molecule has 2 aromatic rings. The van der Waals surface area contributed by atoms with Crippen LogP contribution in [0, 0.1) is 0 Å². The van der Waals surface area contributed by atoms with Crippen LogP contribution in [0.2, 0.25) is 0 Å². The van der Waals surface area contributed by atoms with Gasteiger partial charge in [-0.15, -0.1) is 12.4 Å². The van der Waals surface area contributed by atoms with Gasteiger partial charge in [-0.25, -0.2) is 15.4 Å². The van der Waals surface area contributed by atoms with Gasteiger partial charge < -0.3 is 4.74 Å². The Morgan fingerprint density at radius 1 is 1.18 bits per heavy atom. The molecule has 92 valence electrons. The lowest BCUT2D eigenvalue weighted by Gasteiger charge is -2.07. The summed E-state index contributed by atoms with van der Waals surface area (Å²) in [6.07, 6.45) is 1.50. The third-order valence-electron chi connectivity index (χ3n) is 2.10. The summed E-state index contributed by atoms with van der Waals surface area (Å²) in [5.74, 6) is 0.668. The van der Waals surface area contributed by atoms with Crippen LogP contribution in [-0.2, 0) is 9.57 Å². The van der Waals surface area contributed by atoms with E-state index < -0.39 is 0 Å². The van der Waals surface area contributed by atoms with Gasteiger partial charge in [0.25, 0.3) is 0 Å². The number of halogens is 1. The van der Waals surface area contributed by atoms with Gasteiger partial charge in [0.15, 0.2) is 5.82 Å². The molecule has 0 saturated carbocycles. The Balaban J connectivity index is 0.00000144. The van der Waals surface area contributed by atoms with E-state index in [0.29, 0.717) is 19.0 Å². The Labute approximate surface area is 106 Å². The van der Waals surface area contributed by atoms with Gasteiger partial charge in [-0.3, -0.25) is 4.84 Å². The van der Waals surface area contributed by atoms with Gasteiger partial charge in [0.2, 0.25) is 0 Å². The molecule has 2 rings (SSSR count). The van der Waals surface area contributed by atoms with E-state index in [9.17, 15) is 0 Å². The highest BCUT2D eigenvalue weighted by Crippen LogP contribution is 2.17. The lowest BCUT2D eigenvalue weighted by Crippen LogP contribution is -2.08. The monoisotopic (exact) mass is 255 g/mol. The number of ether oxygens (including phenoxy) is 1. The van der Waals surface area contributed by atoms with Crippen molar-refractivity contribution in [3.63, 3.8) is 0 Å². The fourth-order valence-electron chi connectivity index (χ4n) is 1.33. The highest BCUT2D eigenvalue weighted by atomic mass is 35.5. The van der Waals surface area contributed by atoms with Crippen LogP contribution in [0.15, 0.2) is 30.6 Å². The molecule has 1 N–H and O–H groups in total. The summed E-state index contributed by atoms with van der Waals surface area (Å²) in [5, 5.41) is 0.933. The lowest BCUT2D eigenvalue weighted by atomic mass is 10.2. The van der Waals surface area contributed by atoms with Crippen molar-refractivity contribution in [3.8, 4) is 0 Å². The summed E-state index contributed by atoms with van der Waals surface area (Å²) < 4.78 is 4.87. The number of aromatic nitrogens is 2. The third kappa shape index (κ3) is 3.52. The molecule has 0 atom stereocenters. The van der Waals surface area contributed by atoms with Crippen molar-refractivity contribution in [3.05, 3.63) is 30.6 Å². The van der Waals surface area contributed by atoms with E-state index in [0.717, 1.165) is 10.9 Å². The van der Waals surface area contributed by atoms with Crippen molar-refractivity contribution in [2.75, 3.05) is 25.8 Å². The fraction of sp³-hybridized carbons (Fsp3) is 0.273. The van der Waals surface area contributed by atoms with Gasteiger partial charge in [0.05, 0.1) is 18.7 Å². The Bertz CT molecular complexity index is 462. The molecule has 0 aliphatic rings. The standard InChI is InChI=1S/C11H13N3O2.ClH/c1-15-6-7-16-14-11-9-4-2-3-5-10(9)12-8-13-11;/h2-5,8H,6-7H2,1H3,(H,12,13,14);1H. The molecule has 0 aliphatic heterocycles. The summed E-state index contributed by atoms with van der Waals surface area (Å²) >= 11 is 0. The first-order valence-electron chi connectivity index (χ1n) is 4.98. The maximum Gasteiger partial charge on any atom is 0.160 e. The van der Waals surface area contributed by atoms with Crippen LogP contribution >= 0.6 is 12.4 Å². The Morgan fingerprint density at radius 3 is 2.82 bits per heavy atom. The average molecular weight is 256 g/mol. The van der Waals surface area contributed by atoms with E-state index in [1.165, 1.54) is 6.33 Å². The summed E-state index contributed by atoms with van der Waals surface area (Å²) in [7, 11) is 1.63. The maximum absolute atomic E-state index is 5.20. The van der Waals surface area contributed by atoms with Gasteiger partial charge in [0, 0.05) is 12.5 Å². The molecule has 1 heterocycles. The van der Waals surface area contributed by atoms with Crippen LogP contribution in [-0.4, -0.2) is 30.3 Å². The predicted molar refractivity (Wildman–Crippen MR) is 68.2 cm³/mol. The number of methoxy groups -OCH3 is 1. The number of hydrogen-bond acceptors (Lipinski definition) is 5. The van der Waals surface area contributed by atoms with Crippen LogP contribution < -0.4 is 5.48 Å². The number of nitrogens with zero attached hydrogens (tertiary/aromatic N) is 2. The van der Waals surface area contributed by atoms with Crippen molar-refractivity contribution < 1.29 is 9.57 Å². The average Bonchev–Trinajstić information content (AvgIpc) is 2.35. The summed E-state index contributed by atoms with van der Waals surface area (Å²) in [6, 6.07) is 7.74. The Kier molecular flexibility index (Phi) is 5.62. The van der Waals surface area contributed by atoms with E-state index in [4.69, 9.17) is 9.57 Å². The van der Waals surface area contributed by atoms with Crippen LogP contribution in [0.5, 0.6) is 0 Å². The van der Waals surface area contributed by atoms with Crippen LogP contribution in [0.4, 0.5) is 5.82 Å². The molecule has 0 fully saturated rings. The zero-order chi connectivity index (χ0) is 11.2. The molecule has 5 nitrogen and oxygen atoms in total. The number of anilines is 1. The molecule has 0 spiro atoms. The molecule has 0 aliphatic carbocycles. The Hall–Kier alpha value is -1.43. The van der Waals surface area contributed by atoms with E-state index in [2.05, 4.69) is 15.4 Å². The van der Waals surface area contributed by atoms with Crippen molar-refractivity contribution >= 4 is 29.1 Å². The molecular formula is C11H14ClN3O2. The van der Waals surface area contributed by atoms with Gasteiger partial charge >= 0.3 is 0 Å². The van der Waals surface area contributed by atoms with E-state index in [1.807, 2.05) is 24.3 Å². The zero-order valence-electron chi connectivity index (χ0n) is 9.42. The smallest absolute Gasteiger partial charge is 0.160 e. The maximum atomic E-state index is 5.20. The lowest BCUT2D eigenvalue weighted by molar-refractivity contribution is 0.100. The molecule has 0 radical (unpaired) electrons. The number of benzene rings is 1. The first-order chi connectivity index (χ1) is 7.92. The normalized spacial score (nSPS) is 9.94. The molecule has 0 bridgehead atoms. The number of fused-ring (bicyclic) bond motifs is 1. The van der Waals surface area contributed by atoms with Crippen molar-refractivity contribution in [1.82, 2.24) is 9.97 Å². The molecule has 0 unspecified atom stereocenters. The first-order valence-corrected chi connectivity index (χ1v) is 4.98. The van der Waals surface area contributed by atoms with Crippen LogP contribution in [0.1, 0.15) is 0 Å². The second kappa shape index (κ2) is 7.01. The van der Waals surface area contributed by atoms with Crippen molar-refractivity contribution in [2.24, 2.45) is 0 Å². The van der Waals surface area contributed by atoms with Crippen LogP contribution in [0.3, 0.4) is 0 Å². The third-order valence-corrected chi connectivity index (χ3v) is 2.10. The van der Waals surface area contributed by atoms with E-state index in [-0.39, 0.29) is 12.4 Å². The van der Waals surface area contributed by atoms with Crippen molar-refractivity contribution in [2.45, 2.75) is 0 Å². The summed E-state index contributed by atoms with van der Waals surface area (Å²) in [5.41, 5.74) is 3.68. The molecule has 6 heteroatoms. The van der Waals surface area contributed by atoms with Gasteiger partial charge in [0.1, 0.15) is 6.33 Å². The molecule has 1 aromatic carbocycles. The van der Waals surface area contributed by atoms with Gasteiger partial charge in [-0.05, 0) is 12.1 Å². The van der Waals surface area contributed by atoms with Gasteiger partial charge in [-0.2, -0.15) is 0 Å². The minimum atomic E-state index is 0. The quantitative estimate of drug-likeness (QED) is 0.655. The highest BCUT2D eigenvalue weighted by Gasteiger charge is 2.01. The Morgan fingerprint density at radius 2 is 2.00 bits per heavy atom. The fourth-order valence-corrected chi connectivity index (χ4v) is 1.33. The molecule has 0 amide bonds. The number of nitrogens with one attached hydrogen (secondary N) is 1. The molecular weight excluding hydrogens is 242 g/mol. The van der Waals surface area contributed by atoms with Gasteiger partial charge in [-0.1, -0.05) is 12.1 Å². The number of rotatable bonds is 5. The summed E-state index contributed by atoms with van der Waals surface area (Å²) in [4.78, 5) is 13.5. The first kappa shape index (κ1) is 13.6. The van der Waals surface area contributed by atoms with E-state index in [1.54, 1.807) is 7.11 Å². The predicted octanol–water partition coefficient (Wildman–Crippen LogP) is 2.04. The number of hydrogen-bond donors (Lipinski definition) is 1. The van der Waals surface area contributed by atoms with Crippen LogP contribution in [0.25, 0.3) is 10.9 Å². The second-order valence-corrected chi connectivity index (χ2v) is 3.18. The minimum absolute atomic E-state index is 0. The largest absolute Gasteiger partial charge is 0.382 e. The SMILES string of the molecule is COCCONc1ncnc2ccccc12.Cl. The highest BCUT2D eigenvalue weighted by molar-refractivity contribution is 5.88. The topological polar surface area (TPSA) is 56.3 Å². The van der Waals surface area contributed by atoms with Crippen molar-refractivity contribution in [1.29, 1.82) is 0 Å². The molecule has 1 aromatic heterocycles.